The van der Waals surface area contributed by atoms with E-state index >= 15 is 0 Å². The Labute approximate surface area is 390 Å². The fraction of sp³-hybridized carbons (Fsp3) is 0.262. The second kappa shape index (κ2) is 15.4. The highest BCUT2D eigenvalue weighted by molar-refractivity contribution is 6.10. The standard InChI is InChI=1S/C61H61N5/c1-58(2,3)41-29-38(30-42(35-41)59(4,5)6)55-62-56(39-31-43(60(7,8)9)36-44(32-39)61(10,11)12)64-57(63-55)40-33-45(65-51-25-17-13-21-47(51)48-22-14-18-26-52(48)65)37-46(34-40)66-53-27-19-15-23-49(53)50-24-16-20-28-54(50)66/h13-37H,1-12H3. The highest BCUT2D eigenvalue weighted by Gasteiger charge is 2.26. The first-order chi connectivity index (χ1) is 31.2. The largest absolute Gasteiger partial charge is 0.309 e. The zero-order chi connectivity index (χ0) is 46.5. The first-order valence-corrected chi connectivity index (χ1v) is 23.4. The first kappa shape index (κ1) is 43.1. The molecule has 0 radical (unpaired) electrons. The molecule has 0 N–H and O–H groups in total. The van der Waals surface area contributed by atoms with Crippen molar-refractivity contribution in [2.75, 3.05) is 0 Å². The fourth-order valence-corrected chi connectivity index (χ4v) is 9.39. The van der Waals surface area contributed by atoms with Gasteiger partial charge in [-0.1, -0.05) is 168 Å². The topological polar surface area (TPSA) is 48.5 Å². The molecule has 0 saturated carbocycles. The van der Waals surface area contributed by atoms with Crippen LogP contribution >= 0.6 is 0 Å². The first-order valence-electron chi connectivity index (χ1n) is 23.4. The van der Waals surface area contributed by atoms with Gasteiger partial charge in [-0.3, -0.25) is 0 Å². The summed E-state index contributed by atoms with van der Waals surface area (Å²) in [5.74, 6) is 1.94. The Kier molecular flexibility index (Phi) is 10.0. The maximum absolute atomic E-state index is 5.54. The van der Waals surface area contributed by atoms with Crippen LogP contribution < -0.4 is 0 Å². The van der Waals surface area contributed by atoms with Crippen molar-refractivity contribution in [1.82, 2.24) is 24.1 Å². The van der Waals surface area contributed by atoms with Gasteiger partial charge in [0, 0.05) is 49.6 Å². The minimum absolute atomic E-state index is 0.0921. The highest BCUT2D eigenvalue weighted by Crippen LogP contribution is 2.40. The van der Waals surface area contributed by atoms with Crippen LogP contribution in [0.4, 0.5) is 0 Å². The normalized spacial score (nSPS) is 12.8. The van der Waals surface area contributed by atoms with Gasteiger partial charge in [0.2, 0.25) is 0 Å². The van der Waals surface area contributed by atoms with Crippen molar-refractivity contribution in [1.29, 1.82) is 0 Å². The molecule has 0 aliphatic heterocycles. The number of benzene rings is 7. The predicted octanol–water partition coefficient (Wildman–Crippen LogP) is 16.3. The lowest BCUT2D eigenvalue weighted by atomic mass is 9.79. The molecule has 0 unspecified atom stereocenters. The molecule has 3 aromatic heterocycles. The Hall–Kier alpha value is -6.85. The van der Waals surface area contributed by atoms with Crippen molar-refractivity contribution in [3.63, 3.8) is 0 Å². The maximum Gasteiger partial charge on any atom is 0.164 e. The fourth-order valence-electron chi connectivity index (χ4n) is 9.39. The third-order valence-corrected chi connectivity index (χ3v) is 13.3. The molecule has 0 aliphatic carbocycles. The van der Waals surface area contributed by atoms with Crippen LogP contribution in [0.1, 0.15) is 105 Å². The van der Waals surface area contributed by atoms with E-state index in [1.807, 2.05) is 0 Å². The van der Waals surface area contributed by atoms with E-state index in [-0.39, 0.29) is 21.7 Å². The Bertz CT molecular complexity index is 3120. The van der Waals surface area contributed by atoms with Gasteiger partial charge in [-0.05, 0) is 111 Å². The molecule has 66 heavy (non-hydrogen) atoms. The van der Waals surface area contributed by atoms with Crippen molar-refractivity contribution in [2.45, 2.75) is 105 Å². The second-order valence-electron chi connectivity index (χ2n) is 22.4. The SMILES string of the molecule is CC(C)(C)c1cc(-c2nc(-c3cc(-n4c5ccccc5c5ccccc54)cc(-n4c5ccccc5c5ccccc54)c3)nc(-c3cc(C(C)(C)C)cc(C(C)(C)C)c3)n2)cc(C(C)(C)C)c1. The molecule has 0 amide bonds. The van der Waals surface area contributed by atoms with Crippen molar-refractivity contribution in [3.05, 3.63) is 174 Å². The summed E-state index contributed by atoms with van der Waals surface area (Å²) in [4.78, 5) is 16.6. The average Bonchev–Trinajstić information content (AvgIpc) is 3.80. The van der Waals surface area contributed by atoms with Gasteiger partial charge in [-0.15, -0.1) is 0 Å². The maximum atomic E-state index is 5.54. The van der Waals surface area contributed by atoms with E-state index in [1.54, 1.807) is 0 Å². The Balaban J connectivity index is 1.33. The van der Waals surface area contributed by atoms with Crippen LogP contribution in [-0.4, -0.2) is 24.1 Å². The molecule has 0 saturated heterocycles. The Morgan fingerprint density at radius 2 is 0.530 bits per heavy atom. The van der Waals surface area contributed by atoms with Gasteiger partial charge in [0.25, 0.3) is 0 Å². The van der Waals surface area contributed by atoms with Gasteiger partial charge in [0.1, 0.15) is 0 Å². The van der Waals surface area contributed by atoms with Gasteiger partial charge in [-0.2, -0.15) is 0 Å². The summed E-state index contributed by atoms with van der Waals surface area (Å²) in [5.41, 5.74) is 14.1. The summed E-state index contributed by atoms with van der Waals surface area (Å²) >= 11 is 0. The van der Waals surface area contributed by atoms with E-state index in [0.29, 0.717) is 17.5 Å². The van der Waals surface area contributed by atoms with E-state index in [0.717, 1.165) is 50.1 Å². The molecule has 10 rings (SSSR count). The van der Waals surface area contributed by atoms with Crippen LogP contribution in [0.3, 0.4) is 0 Å². The minimum atomic E-state index is -0.0921. The van der Waals surface area contributed by atoms with E-state index < -0.39 is 0 Å². The van der Waals surface area contributed by atoms with Gasteiger partial charge in [0.05, 0.1) is 22.1 Å². The monoisotopic (exact) mass is 863 g/mol. The van der Waals surface area contributed by atoms with E-state index in [1.165, 1.54) is 43.8 Å². The molecule has 0 spiro atoms. The highest BCUT2D eigenvalue weighted by atomic mass is 15.0. The van der Waals surface area contributed by atoms with Gasteiger partial charge in [0.15, 0.2) is 17.5 Å². The van der Waals surface area contributed by atoms with Crippen LogP contribution in [-0.2, 0) is 21.7 Å². The van der Waals surface area contributed by atoms with Crippen LogP contribution in [0.5, 0.6) is 0 Å². The zero-order valence-electron chi connectivity index (χ0n) is 40.7. The summed E-state index contributed by atoms with van der Waals surface area (Å²) in [6.07, 6.45) is 0. The average molecular weight is 864 g/mol. The molecule has 3 heterocycles. The molecule has 7 aromatic carbocycles. The Morgan fingerprint density at radius 1 is 0.288 bits per heavy atom. The third kappa shape index (κ3) is 7.68. The second-order valence-corrected chi connectivity index (χ2v) is 22.4. The minimum Gasteiger partial charge on any atom is -0.309 e. The number of nitrogens with zero attached hydrogens (tertiary/aromatic N) is 5. The van der Waals surface area contributed by atoms with E-state index in [2.05, 4.69) is 244 Å². The lowest BCUT2D eigenvalue weighted by molar-refractivity contribution is 0.568. The number of hydrogen-bond donors (Lipinski definition) is 0. The summed E-state index contributed by atoms with van der Waals surface area (Å²) in [6, 6.07) is 55.7. The quantitative estimate of drug-likeness (QED) is 0.173. The number of hydrogen-bond acceptors (Lipinski definition) is 3. The molecule has 5 heteroatoms. The number of rotatable bonds is 5. The van der Waals surface area contributed by atoms with E-state index in [4.69, 9.17) is 15.0 Å². The van der Waals surface area contributed by atoms with Gasteiger partial charge < -0.3 is 9.13 Å². The van der Waals surface area contributed by atoms with Crippen LogP contribution in [0.25, 0.3) is 89.2 Å². The van der Waals surface area contributed by atoms with Crippen molar-refractivity contribution >= 4 is 43.6 Å². The predicted molar refractivity (Wildman–Crippen MR) is 280 cm³/mol. The number of fused-ring (bicyclic) bond motifs is 6. The lowest BCUT2D eigenvalue weighted by Crippen LogP contribution is -2.17. The van der Waals surface area contributed by atoms with Crippen molar-refractivity contribution in [2.24, 2.45) is 0 Å². The van der Waals surface area contributed by atoms with Crippen molar-refractivity contribution < 1.29 is 0 Å². The zero-order valence-corrected chi connectivity index (χ0v) is 40.7. The van der Waals surface area contributed by atoms with E-state index in [9.17, 15) is 0 Å². The van der Waals surface area contributed by atoms with Gasteiger partial charge >= 0.3 is 0 Å². The number of aromatic nitrogens is 5. The molecular weight excluding hydrogens is 803 g/mol. The molecule has 0 atom stereocenters. The summed E-state index contributed by atoms with van der Waals surface area (Å²) in [6.45, 7) is 27.4. The van der Waals surface area contributed by atoms with Crippen LogP contribution in [0.2, 0.25) is 0 Å². The van der Waals surface area contributed by atoms with Gasteiger partial charge in [-0.25, -0.2) is 15.0 Å². The summed E-state index contributed by atoms with van der Waals surface area (Å²) < 4.78 is 4.80. The lowest BCUT2D eigenvalue weighted by Gasteiger charge is -2.26. The summed E-state index contributed by atoms with van der Waals surface area (Å²) in [5, 5.41) is 4.85. The molecular formula is C61H61N5. The third-order valence-electron chi connectivity index (χ3n) is 13.3. The van der Waals surface area contributed by atoms with Crippen molar-refractivity contribution in [3.8, 4) is 45.5 Å². The smallest absolute Gasteiger partial charge is 0.164 e. The Morgan fingerprint density at radius 3 is 0.788 bits per heavy atom. The molecule has 0 fully saturated rings. The molecule has 5 nitrogen and oxygen atoms in total. The molecule has 330 valence electrons. The molecule has 0 bridgehead atoms. The molecule has 0 aliphatic rings. The number of para-hydroxylation sites is 4. The van der Waals surface area contributed by atoms with Crippen LogP contribution in [0.15, 0.2) is 152 Å². The van der Waals surface area contributed by atoms with Crippen LogP contribution in [0, 0.1) is 0 Å². The summed E-state index contributed by atoms with van der Waals surface area (Å²) in [7, 11) is 0. The molecule has 10 aromatic rings.